The van der Waals surface area contributed by atoms with Crippen molar-refractivity contribution in [2.45, 2.75) is 65.2 Å². The molecular formula is C15H27NO5. The molecule has 0 aromatic carbocycles. The van der Waals surface area contributed by atoms with Crippen LogP contribution in [0.1, 0.15) is 48.0 Å². The molecule has 0 aliphatic carbocycles. The number of ether oxygens (including phenoxy) is 2. The smallest absolute Gasteiger partial charge is 0.410 e. The van der Waals surface area contributed by atoms with E-state index < -0.39 is 29.3 Å². The van der Waals surface area contributed by atoms with Crippen molar-refractivity contribution in [3.63, 3.8) is 0 Å². The lowest BCUT2D eigenvalue weighted by atomic mass is 10.1. The van der Waals surface area contributed by atoms with Crippen LogP contribution in [0.3, 0.4) is 0 Å². The Labute approximate surface area is 126 Å². The van der Waals surface area contributed by atoms with Gasteiger partial charge in [0, 0.05) is 6.54 Å². The van der Waals surface area contributed by atoms with Gasteiger partial charge in [0.2, 0.25) is 0 Å². The van der Waals surface area contributed by atoms with Gasteiger partial charge in [0.25, 0.3) is 0 Å². The van der Waals surface area contributed by atoms with Crippen molar-refractivity contribution in [2.24, 2.45) is 5.92 Å². The van der Waals surface area contributed by atoms with Crippen LogP contribution in [0.5, 0.6) is 0 Å². The number of aliphatic hydroxyl groups excluding tert-OH is 1. The molecule has 0 radical (unpaired) electrons. The minimum absolute atomic E-state index is 0.196. The van der Waals surface area contributed by atoms with Crippen molar-refractivity contribution in [1.82, 2.24) is 4.90 Å². The minimum Gasteiger partial charge on any atom is -0.460 e. The van der Waals surface area contributed by atoms with Crippen LogP contribution in [0.4, 0.5) is 4.79 Å². The monoisotopic (exact) mass is 301 g/mol. The molecule has 1 fully saturated rings. The summed E-state index contributed by atoms with van der Waals surface area (Å²) in [6.07, 6.45) is -0.113. The number of hydrogen-bond acceptors (Lipinski definition) is 5. The number of rotatable bonds is 2. The number of hydrogen-bond donors (Lipinski definition) is 1. The molecule has 0 aromatic heterocycles. The highest BCUT2D eigenvalue weighted by Gasteiger charge is 2.41. The fourth-order valence-corrected chi connectivity index (χ4v) is 2.19. The van der Waals surface area contributed by atoms with Crippen molar-refractivity contribution < 1.29 is 24.2 Å². The first-order chi connectivity index (χ1) is 9.43. The number of carbonyl (C=O) groups excluding carboxylic acids is 2. The van der Waals surface area contributed by atoms with Crippen LogP contribution in [-0.2, 0) is 14.3 Å². The number of esters is 1. The molecule has 122 valence electrons. The largest absolute Gasteiger partial charge is 0.460 e. The number of carbonyl (C=O) groups is 2. The third-order valence-corrected chi connectivity index (χ3v) is 2.99. The molecule has 0 spiro atoms. The summed E-state index contributed by atoms with van der Waals surface area (Å²) in [5, 5.41) is 9.41. The Bertz CT molecular complexity index is 394. The third-order valence-electron chi connectivity index (χ3n) is 2.99. The second-order valence-electron chi connectivity index (χ2n) is 7.44. The summed E-state index contributed by atoms with van der Waals surface area (Å²) in [6, 6.07) is -0.405. The number of amides is 1. The van der Waals surface area contributed by atoms with E-state index in [2.05, 4.69) is 0 Å². The lowest BCUT2D eigenvalue weighted by Gasteiger charge is -2.27. The number of likely N-dealkylation sites (tertiary alicyclic amines) is 1. The molecule has 1 rings (SSSR count). The Morgan fingerprint density at radius 2 is 1.62 bits per heavy atom. The van der Waals surface area contributed by atoms with E-state index in [4.69, 9.17) is 9.47 Å². The normalized spacial score (nSPS) is 23.1. The molecule has 1 saturated heterocycles. The van der Waals surface area contributed by atoms with Crippen molar-refractivity contribution >= 4 is 12.1 Å². The van der Waals surface area contributed by atoms with Gasteiger partial charge in [-0.05, 0) is 48.0 Å². The van der Waals surface area contributed by atoms with Gasteiger partial charge in [-0.1, -0.05) is 0 Å². The Kier molecular flexibility index (Phi) is 5.25. The van der Waals surface area contributed by atoms with Crippen LogP contribution in [0.2, 0.25) is 0 Å². The summed E-state index contributed by atoms with van der Waals surface area (Å²) >= 11 is 0. The highest BCUT2D eigenvalue weighted by molar-refractivity contribution is 5.76. The second-order valence-corrected chi connectivity index (χ2v) is 7.44. The van der Waals surface area contributed by atoms with Crippen molar-refractivity contribution in [3.05, 3.63) is 0 Å². The summed E-state index contributed by atoms with van der Waals surface area (Å²) < 4.78 is 10.7. The summed E-state index contributed by atoms with van der Waals surface area (Å²) in [5.74, 6) is -0.763. The zero-order valence-corrected chi connectivity index (χ0v) is 13.8. The van der Waals surface area contributed by atoms with Crippen LogP contribution in [0, 0.1) is 5.92 Å². The molecule has 6 heteroatoms. The predicted octanol–water partition coefficient (Wildman–Crippen LogP) is 1.95. The zero-order valence-electron chi connectivity index (χ0n) is 13.8. The van der Waals surface area contributed by atoms with Gasteiger partial charge in [-0.3, -0.25) is 4.79 Å². The average molecular weight is 301 g/mol. The first-order valence-electron chi connectivity index (χ1n) is 7.26. The van der Waals surface area contributed by atoms with Gasteiger partial charge < -0.3 is 19.5 Å². The number of aliphatic hydroxyl groups is 1. The quantitative estimate of drug-likeness (QED) is 0.789. The molecule has 0 saturated carbocycles. The van der Waals surface area contributed by atoms with Gasteiger partial charge in [-0.2, -0.15) is 0 Å². The molecular weight excluding hydrogens is 274 g/mol. The topological polar surface area (TPSA) is 76.1 Å². The molecule has 2 atom stereocenters. The van der Waals surface area contributed by atoms with E-state index in [1.807, 2.05) is 0 Å². The van der Waals surface area contributed by atoms with Gasteiger partial charge in [0.05, 0.1) is 18.6 Å². The summed E-state index contributed by atoms with van der Waals surface area (Å²) in [6.45, 7) is 10.8. The first kappa shape index (κ1) is 17.8. The SMILES string of the molecule is CC(C)(C)OC(=O)[C@@H]1C[C@@H](CO)N(C(=O)OC(C)(C)C)C1. The summed E-state index contributed by atoms with van der Waals surface area (Å²) in [7, 11) is 0. The molecule has 0 bridgehead atoms. The van der Waals surface area contributed by atoms with Crippen LogP contribution < -0.4 is 0 Å². The zero-order chi connectivity index (χ0) is 16.4. The van der Waals surface area contributed by atoms with E-state index in [-0.39, 0.29) is 19.1 Å². The summed E-state index contributed by atoms with van der Waals surface area (Å²) in [4.78, 5) is 25.6. The highest BCUT2D eigenvalue weighted by Crippen LogP contribution is 2.27. The maximum absolute atomic E-state index is 12.1. The Morgan fingerprint density at radius 3 is 2.05 bits per heavy atom. The molecule has 1 heterocycles. The molecule has 1 amide bonds. The summed E-state index contributed by atoms with van der Waals surface area (Å²) in [5.41, 5.74) is -1.17. The predicted molar refractivity (Wildman–Crippen MR) is 77.8 cm³/mol. The molecule has 21 heavy (non-hydrogen) atoms. The number of nitrogens with zero attached hydrogens (tertiary/aromatic N) is 1. The van der Waals surface area contributed by atoms with Crippen LogP contribution >= 0.6 is 0 Å². The van der Waals surface area contributed by atoms with Crippen molar-refractivity contribution in [1.29, 1.82) is 0 Å². The average Bonchev–Trinajstić information content (AvgIpc) is 2.68. The standard InChI is InChI=1S/C15H27NO5/c1-14(2,3)20-12(18)10-7-11(9-17)16(8-10)13(19)21-15(4,5)6/h10-11,17H,7-9H2,1-6H3/t10-,11+/m1/s1. The Hall–Kier alpha value is -1.30. The fourth-order valence-electron chi connectivity index (χ4n) is 2.19. The van der Waals surface area contributed by atoms with Crippen LogP contribution in [-0.4, -0.2) is 52.5 Å². The van der Waals surface area contributed by atoms with E-state index in [1.165, 1.54) is 4.90 Å². The fraction of sp³-hybridized carbons (Fsp3) is 0.867. The van der Waals surface area contributed by atoms with E-state index in [0.29, 0.717) is 6.42 Å². The second kappa shape index (κ2) is 6.22. The van der Waals surface area contributed by atoms with Gasteiger partial charge in [-0.15, -0.1) is 0 Å². The van der Waals surface area contributed by atoms with Crippen LogP contribution in [0.25, 0.3) is 0 Å². The molecule has 1 aliphatic rings. The van der Waals surface area contributed by atoms with Crippen LogP contribution in [0.15, 0.2) is 0 Å². The lowest BCUT2D eigenvalue weighted by Crippen LogP contribution is -2.41. The van der Waals surface area contributed by atoms with E-state index in [0.717, 1.165) is 0 Å². The van der Waals surface area contributed by atoms with Gasteiger partial charge in [-0.25, -0.2) is 4.79 Å². The molecule has 1 aliphatic heterocycles. The van der Waals surface area contributed by atoms with Gasteiger partial charge >= 0.3 is 12.1 Å². The first-order valence-corrected chi connectivity index (χ1v) is 7.26. The molecule has 6 nitrogen and oxygen atoms in total. The maximum Gasteiger partial charge on any atom is 0.410 e. The highest BCUT2D eigenvalue weighted by atomic mass is 16.6. The minimum atomic E-state index is -0.610. The van der Waals surface area contributed by atoms with Crippen molar-refractivity contribution in [2.75, 3.05) is 13.2 Å². The third kappa shape index (κ3) is 5.53. The van der Waals surface area contributed by atoms with Crippen molar-refractivity contribution in [3.8, 4) is 0 Å². The van der Waals surface area contributed by atoms with E-state index >= 15 is 0 Å². The van der Waals surface area contributed by atoms with E-state index in [9.17, 15) is 14.7 Å². The van der Waals surface area contributed by atoms with E-state index in [1.54, 1.807) is 41.5 Å². The van der Waals surface area contributed by atoms with Gasteiger partial charge in [0.15, 0.2) is 0 Å². The lowest BCUT2D eigenvalue weighted by molar-refractivity contribution is -0.159. The molecule has 0 aromatic rings. The molecule has 1 N–H and O–H groups in total. The maximum atomic E-state index is 12.1. The Balaban J connectivity index is 2.72. The Morgan fingerprint density at radius 1 is 1.10 bits per heavy atom. The molecule has 0 unspecified atom stereocenters. The van der Waals surface area contributed by atoms with Gasteiger partial charge in [0.1, 0.15) is 11.2 Å².